The minimum absolute atomic E-state index is 0.0262. The molecule has 0 unspecified atom stereocenters. The van der Waals surface area contributed by atoms with Crippen molar-refractivity contribution in [2.24, 2.45) is 40.7 Å². The molecule has 2 aromatic carbocycles. The first-order valence-corrected chi connectivity index (χ1v) is 22.3. The van der Waals surface area contributed by atoms with Crippen molar-refractivity contribution in [2.75, 3.05) is 13.7 Å². The molecule has 2 saturated carbocycles. The molecular formula is C51H65N3O5. The number of phenolic OH excluding ortho intramolecular Hbond substituents is 1. The number of ether oxygens (including phenoxy) is 1. The number of aromatic amines is 1. The van der Waals surface area contributed by atoms with E-state index < -0.39 is 17.9 Å². The van der Waals surface area contributed by atoms with Crippen LogP contribution in [0.25, 0.3) is 0 Å². The van der Waals surface area contributed by atoms with Crippen molar-refractivity contribution in [3.63, 3.8) is 0 Å². The Bertz CT molecular complexity index is 2080. The van der Waals surface area contributed by atoms with Crippen LogP contribution < -0.4 is 15.8 Å². The summed E-state index contributed by atoms with van der Waals surface area (Å²) in [5.41, 5.74) is 12.6. The number of rotatable bonds is 11. The zero-order valence-corrected chi connectivity index (χ0v) is 35.6. The third-order valence-electron chi connectivity index (χ3n) is 14.3. The van der Waals surface area contributed by atoms with Gasteiger partial charge < -0.3 is 31.0 Å². The number of Topliss-reactive ketones (excluding diaryl/α,β-unsaturated/α-hetero) is 2. The largest absolute Gasteiger partial charge is 0.504 e. The van der Waals surface area contributed by atoms with E-state index in [2.05, 4.69) is 79.5 Å². The molecule has 2 fully saturated rings. The Morgan fingerprint density at radius 3 is 2.49 bits per heavy atom. The Kier molecular flexibility index (Phi) is 13.4. The summed E-state index contributed by atoms with van der Waals surface area (Å²) in [7, 11) is 1.53. The van der Waals surface area contributed by atoms with E-state index in [1.165, 1.54) is 18.2 Å². The molecule has 3 aromatic rings. The molecule has 0 bridgehead atoms. The number of dihydropyridines is 1. The van der Waals surface area contributed by atoms with Gasteiger partial charge in [0, 0.05) is 43.1 Å². The normalized spacial score (nSPS) is 25.7. The van der Waals surface area contributed by atoms with Crippen molar-refractivity contribution in [1.29, 1.82) is 0 Å². The molecule has 0 saturated heterocycles. The summed E-state index contributed by atoms with van der Waals surface area (Å²) in [6, 6.07) is 15.9. The highest BCUT2D eigenvalue weighted by Crippen LogP contribution is 2.57. The molecular weight excluding hydrogens is 735 g/mol. The molecule has 1 aliphatic heterocycles. The summed E-state index contributed by atoms with van der Waals surface area (Å²) in [6.07, 6.45) is 15.2. The molecule has 1 aromatic heterocycles. The van der Waals surface area contributed by atoms with Crippen molar-refractivity contribution < 1.29 is 24.5 Å². The molecule has 7 rings (SSSR count). The maximum Gasteiger partial charge on any atom is 0.160 e. The van der Waals surface area contributed by atoms with Gasteiger partial charge in [0.1, 0.15) is 11.6 Å². The number of aliphatic hydroxyl groups is 1. The fraction of sp³-hybridized carbons (Fsp3) is 0.529. The summed E-state index contributed by atoms with van der Waals surface area (Å²) in [5, 5.41) is 26.7. The van der Waals surface area contributed by atoms with Gasteiger partial charge in [0.2, 0.25) is 0 Å². The lowest BCUT2D eigenvalue weighted by Gasteiger charge is -2.43. The van der Waals surface area contributed by atoms with Crippen LogP contribution in [-0.2, 0) is 22.4 Å². The van der Waals surface area contributed by atoms with Crippen LogP contribution in [0.3, 0.4) is 0 Å². The summed E-state index contributed by atoms with van der Waals surface area (Å²) in [6.45, 7) is 7.23. The first-order valence-electron chi connectivity index (χ1n) is 22.3. The SMILES string of the molecule is CCC[C@@H]([C@H]1C[C@H](C2(C3=CCNC(N)=C3)CCCC2)C[C@@H]2C#C[C@H](c3ccccc3)c3cc(O)c(OC)cc3CCC(=O)CC(=O)[C@H]2C1)[C@H](O)Cc1cc(C(C)C)c[nH]1. The van der Waals surface area contributed by atoms with Crippen molar-refractivity contribution in [3.8, 4) is 23.3 Å². The Labute approximate surface area is 351 Å². The van der Waals surface area contributed by atoms with Gasteiger partial charge in [0.25, 0.3) is 0 Å². The molecule has 3 aliphatic carbocycles. The lowest BCUT2D eigenvalue weighted by Crippen LogP contribution is -2.37. The summed E-state index contributed by atoms with van der Waals surface area (Å²) < 4.78 is 5.52. The van der Waals surface area contributed by atoms with Crippen LogP contribution in [0.1, 0.15) is 131 Å². The second-order valence-corrected chi connectivity index (χ2v) is 18.3. The number of aromatic nitrogens is 1. The van der Waals surface area contributed by atoms with Crippen molar-refractivity contribution in [2.45, 2.75) is 122 Å². The summed E-state index contributed by atoms with van der Waals surface area (Å²) in [4.78, 5) is 32.1. The molecule has 314 valence electrons. The van der Waals surface area contributed by atoms with Gasteiger partial charge >= 0.3 is 0 Å². The number of carbonyl (C=O) groups excluding carboxylic acids is 2. The first kappa shape index (κ1) is 42.4. The van der Waals surface area contributed by atoms with E-state index in [-0.39, 0.29) is 59.2 Å². The fourth-order valence-corrected chi connectivity index (χ4v) is 11.2. The molecule has 0 spiro atoms. The quantitative estimate of drug-likeness (QED) is 0.0965. The second-order valence-electron chi connectivity index (χ2n) is 18.3. The topological polar surface area (TPSA) is 138 Å². The van der Waals surface area contributed by atoms with Gasteiger partial charge in [-0.25, -0.2) is 0 Å². The second kappa shape index (κ2) is 18.7. The highest BCUT2D eigenvalue weighted by Gasteiger charge is 2.50. The van der Waals surface area contributed by atoms with Gasteiger partial charge in [-0.1, -0.05) is 88.3 Å². The van der Waals surface area contributed by atoms with Gasteiger partial charge in [0.05, 0.1) is 31.4 Å². The van der Waals surface area contributed by atoms with Crippen LogP contribution in [0.2, 0.25) is 0 Å². The number of hydrogen-bond acceptors (Lipinski definition) is 7. The number of benzene rings is 2. The Morgan fingerprint density at radius 1 is 1.02 bits per heavy atom. The van der Waals surface area contributed by atoms with Crippen LogP contribution in [0.4, 0.5) is 0 Å². The minimum atomic E-state index is -0.596. The number of allylic oxidation sites excluding steroid dienone is 2. The monoisotopic (exact) mass is 799 g/mol. The molecule has 0 radical (unpaired) electrons. The predicted molar refractivity (Wildman–Crippen MR) is 234 cm³/mol. The third kappa shape index (κ3) is 9.36. The third-order valence-corrected chi connectivity index (χ3v) is 14.3. The highest BCUT2D eigenvalue weighted by atomic mass is 16.5. The van der Waals surface area contributed by atoms with E-state index in [1.807, 2.05) is 24.3 Å². The lowest BCUT2D eigenvalue weighted by molar-refractivity contribution is -0.130. The molecule has 4 aliphatic rings. The Balaban J connectivity index is 1.37. The average molecular weight is 800 g/mol. The Morgan fingerprint density at radius 2 is 1.80 bits per heavy atom. The number of fused-ring (bicyclic) bond motifs is 2. The number of phenols is 1. The first-order chi connectivity index (χ1) is 28.5. The summed E-state index contributed by atoms with van der Waals surface area (Å²) >= 11 is 0. The number of hydrogen-bond donors (Lipinski definition) is 5. The molecule has 6 N–H and O–H groups in total. The lowest BCUT2D eigenvalue weighted by atomic mass is 9.62. The molecule has 59 heavy (non-hydrogen) atoms. The predicted octanol–water partition coefficient (Wildman–Crippen LogP) is 9.02. The van der Waals surface area contributed by atoms with Crippen LogP contribution in [0, 0.1) is 46.8 Å². The molecule has 8 heteroatoms. The van der Waals surface area contributed by atoms with Crippen molar-refractivity contribution in [3.05, 3.63) is 106 Å². The number of ketones is 2. The average Bonchev–Trinajstić information content (AvgIpc) is 3.88. The maximum absolute atomic E-state index is 14.8. The molecule has 8 nitrogen and oxygen atoms in total. The molecule has 2 heterocycles. The van der Waals surface area contributed by atoms with E-state index in [4.69, 9.17) is 10.5 Å². The smallest absolute Gasteiger partial charge is 0.160 e. The summed E-state index contributed by atoms with van der Waals surface area (Å²) in [5.74, 6) is 7.91. The maximum atomic E-state index is 14.8. The number of H-pyrrole nitrogens is 1. The van der Waals surface area contributed by atoms with E-state index in [1.54, 1.807) is 6.07 Å². The van der Waals surface area contributed by atoms with Crippen LogP contribution in [-0.4, -0.2) is 46.5 Å². The highest BCUT2D eigenvalue weighted by molar-refractivity contribution is 6.00. The van der Waals surface area contributed by atoms with E-state index >= 15 is 0 Å². The minimum Gasteiger partial charge on any atom is -0.504 e. The molecule has 0 amide bonds. The van der Waals surface area contributed by atoms with Gasteiger partial charge in [-0.2, -0.15) is 0 Å². The number of aryl methyl sites for hydroxylation is 1. The molecule has 7 atom stereocenters. The Hall–Kier alpha value is -4.74. The van der Waals surface area contributed by atoms with Crippen LogP contribution in [0.15, 0.2) is 78.3 Å². The van der Waals surface area contributed by atoms with E-state index in [9.17, 15) is 19.8 Å². The van der Waals surface area contributed by atoms with E-state index in [0.717, 1.165) is 73.8 Å². The zero-order valence-electron chi connectivity index (χ0n) is 35.6. The van der Waals surface area contributed by atoms with Gasteiger partial charge in [0.15, 0.2) is 11.5 Å². The number of carbonyl (C=O) groups is 2. The zero-order chi connectivity index (χ0) is 41.7. The van der Waals surface area contributed by atoms with E-state index in [0.29, 0.717) is 43.3 Å². The van der Waals surface area contributed by atoms with Gasteiger partial charge in [-0.05, 0) is 126 Å². The standard InChI is InChI=1S/C51H65N3O5/c1-5-11-43(46(56)28-40-24-37(31-54-40)32(2)3)36-23-39(51(19-9-10-20-51)38-18-21-53-50(52)27-38)22-34-15-17-42(33-12-7-6-8-13-33)44-30-48(58)49(59-4)26-35(44)14-16-41(55)29-47(57)45(34)25-36/h6-8,12-13,18,24,26-27,30-32,34,36,39,42-43,45-46,53-54,56,58H,5,9-11,14,16,19-23,25,28-29,52H2,1-4H3/t34-,36-,39+,42+,43-,45-,46+/m0/s1. The van der Waals surface area contributed by atoms with Crippen LogP contribution in [0.5, 0.6) is 11.5 Å². The number of methoxy groups -OCH3 is 1. The fourth-order valence-electron chi connectivity index (χ4n) is 11.2. The van der Waals surface area contributed by atoms with Gasteiger partial charge in [-0.3, -0.25) is 9.59 Å². The number of aromatic hydroxyl groups is 1. The van der Waals surface area contributed by atoms with Gasteiger partial charge in [-0.15, -0.1) is 0 Å². The number of nitrogens with one attached hydrogen (secondary N) is 2. The number of nitrogens with two attached hydrogens (primary N) is 1. The van der Waals surface area contributed by atoms with Crippen molar-refractivity contribution >= 4 is 11.6 Å². The van der Waals surface area contributed by atoms with Crippen LogP contribution >= 0.6 is 0 Å². The number of aliphatic hydroxyl groups excluding tert-OH is 1. The van der Waals surface area contributed by atoms with Crippen molar-refractivity contribution in [1.82, 2.24) is 10.3 Å².